The molecule has 2 aromatic carbocycles. The molecule has 8 rings (SSSR count). The second-order valence-electron chi connectivity index (χ2n) is 10.5. The number of hydrogen-bond donors (Lipinski definition) is 0. The van der Waals surface area contributed by atoms with E-state index in [9.17, 15) is 8.78 Å². The summed E-state index contributed by atoms with van der Waals surface area (Å²) in [6.07, 6.45) is 9.97. The second-order valence-corrected chi connectivity index (χ2v) is 11.6. The summed E-state index contributed by atoms with van der Waals surface area (Å²) in [4.78, 5) is 20.6. The van der Waals surface area contributed by atoms with Gasteiger partial charge in [0.15, 0.2) is 0 Å². The van der Waals surface area contributed by atoms with Crippen LogP contribution in [0.5, 0.6) is 5.75 Å². The Bertz CT molecular complexity index is 2330. The molecule has 0 saturated heterocycles. The van der Waals surface area contributed by atoms with Crippen molar-refractivity contribution in [1.29, 1.82) is 0 Å². The number of benzene rings is 2. The molecule has 0 fully saturated rings. The molecule has 0 N–H and O–H groups in total. The maximum atomic E-state index is 14.0. The number of tetrazole rings is 2. The molecule has 0 atom stereocenters. The van der Waals surface area contributed by atoms with Crippen LogP contribution < -0.4 is 4.74 Å². The zero-order valence-corrected chi connectivity index (χ0v) is 27.2. The average Bonchev–Trinajstić information content (AvgIpc) is 3.87. The lowest BCUT2D eigenvalue weighted by Gasteiger charge is -2.07. The van der Waals surface area contributed by atoms with Crippen LogP contribution in [0.15, 0.2) is 144 Å². The quantitative estimate of drug-likeness (QED) is 0.168. The number of halogens is 2. The maximum absolute atomic E-state index is 14.0. The monoisotopic (exact) mass is 698 g/mol. The summed E-state index contributed by atoms with van der Waals surface area (Å²) in [6, 6.07) is 27.2. The number of hydrogen-bond acceptors (Lipinski definition) is 12. The lowest BCUT2D eigenvalue weighted by Crippen LogP contribution is -2.03. The molecule has 0 aliphatic rings. The standard InChI is InChI=1S/C18H13FN6O.C17H11FN6S/c19-14-8-13(12-26-16-4-3-6-20-11-16)9-15(10-14)25-23-18(22-24-25)17-5-1-2-7-21-17;18-12-8-13(10-15(9-12)25-14-4-3-6-19-11-14)24-22-17(21-23-24)16-5-1-2-7-20-16/h1-11H,12H2;1-11H. The predicted molar refractivity (Wildman–Crippen MR) is 182 cm³/mol. The first-order chi connectivity index (χ1) is 25.1. The molecular formula is C35H24F2N12OS. The van der Waals surface area contributed by atoms with E-state index in [1.807, 2.05) is 30.3 Å². The highest BCUT2D eigenvalue weighted by Crippen LogP contribution is 2.29. The predicted octanol–water partition coefficient (Wildman–Crippen LogP) is 6.25. The Morgan fingerprint density at radius 3 is 1.80 bits per heavy atom. The van der Waals surface area contributed by atoms with Crippen LogP contribution in [0.1, 0.15) is 5.56 Å². The van der Waals surface area contributed by atoms with Crippen molar-refractivity contribution in [3.05, 3.63) is 151 Å². The van der Waals surface area contributed by atoms with Crippen molar-refractivity contribution in [3.63, 3.8) is 0 Å². The van der Waals surface area contributed by atoms with Gasteiger partial charge in [0.05, 0.1) is 17.6 Å². The van der Waals surface area contributed by atoms with Crippen molar-refractivity contribution < 1.29 is 13.5 Å². The Morgan fingerprint density at radius 1 is 0.588 bits per heavy atom. The maximum Gasteiger partial charge on any atom is 0.223 e. The Kier molecular flexibility index (Phi) is 10.0. The second kappa shape index (κ2) is 15.6. The summed E-state index contributed by atoms with van der Waals surface area (Å²) in [7, 11) is 0. The minimum atomic E-state index is -0.413. The van der Waals surface area contributed by atoms with E-state index < -0.39 is 5.82 Å². The summed E-state index contributed by atoms with van der Waals surface area (Å²) in [5, 5.41) is 24.5. The average molecular weight is 699 g/mol. The van der Waals surface area contributed by atoms with Crippen LogP contribution in [-0.4, -0.2) is 60.4 Å². The molecule has 0 amide bonds. The topological polar surface area (TPSA) is 148 Å². The summed E-state index contributed by atoms with van der Waals surface area (Å²) in [5.41, 5.74) is 2.77. The van der Waals surface area contributed by atoms with Crippen molar-refractivity contribution in [2.75, 3.05) is 0 Å². The van der Waals surface area contributed by atoms with Crippen LogP contribution in [0, 0.1) is 11.6 Å². The van der Waals surface area contributed by atoms with Crippen molar-refractivity contribution in [1.82, 2.24) is 60.4 Å². The van der Waals surface area contributed by atoms with Crippen molar-refractivity contribution in [3.8, 4) is 40.2 Å². The first-order valence-corrected chi connectivity index (χ1v) is 16.0. The van der Waals surface area contributed by atoms with E-state index in [-0.39, 0.29) is 12.4 Å². The molecule has 0 bridgehead atoms. The Balaban J connectivity index is 0.000000159. The van der Waals surface area contributed by atoms with Crippen LogP contribution in [0.25, 0.3) is 34.4 Å². The molecule has 250 valence electrons. The molecule has 0 aliphatic carbocycles. The molecule has 6 heterocycles. The van der Waals surface area contributed by atoms with Gasteiger partial charge in [-0.05, 0) is 88.8 Å². The van der Waals surface area contributed by atoms with Crippen molar-refractivity contribution in [2.45, 2.75) is 16.4 Å². The highest BCUT2D eigenvalue weighted by molar-refractivity contribution is 7.99. The van der Waals surface area contributed by atoms with Crippen molar-refractivity contribution >= 4 is 11.8 Å². The molecule has 13 nitrogen and oxygen atoms in total. The molecule has 0 radical (unpaired) electrons. The van der Waals surface area contributed by atoms with Gasteiger partial charge in [0.1, 0.15) is 35.4 Å². The molecule has 51 heavy (non-hydrogen) atoms. The Hall–Kier alpha value is -6.81. The van der Waals surface area contributed by atoms with Crippen LogP contribution in [0.2, 0.25) is 0 Å². The first kappa shape index (κ1) is 32.7. The van der Waals surface area contributed by atoms with Gasteiger partial charge in [-0.1, -0.05) is 23.9 Å². The SMILES string of the molecule is Fc1cc(COc2cccnc2)cc(-n2nnc(-c3ccccn3)n2)c1.Fc1cc(Sc2cccnc2)cc(-n2nnc(-c3ccccn3)n2)c1. The van der Waals surface area contributed by atoms with E-state index >= 15 is 0 Å². The summed E-state index contributed by atoms with van der Waals surface area (Å²) in [5.74, 6) is 0.563. The lowest BCUT2D eigenvalue weighted by molar-refractivity contribution is 0.304. The molecule has 16 heteroatoms. The highest BCUT2D eigenvalue weighted by Gasteiger charge is 2.12. The zero-order chi connectivity index (χ0) is 34.8. The third-order valence-electron chi connectivity index (χ3n) is 6.79. The van der Waals surface area contributed by atoms with Gasteiger partial charge >= 0.3 is 0 Å². The molecule has 0 saturated carbocycles. The van der Waals surface area contributed by atoms with Crippen LogP contribution in [0.3, 0.4) is 0 Å². The van der Waals surface area contributed by atoms with Gasteiger partial charge in [0.25, 0.3) is 0 Å². The number of nitrogens with zero attached hydrogens (tertiary/aromatic N) is 12. The fourth-order valence-electron chi connectivity index (χ4n) is 4.54. The van der Waals surface area contributed by atoms with Gasteiger partial charge in [-0.15, -0.1) is 30.0 Å². The van der Waals surface area contributed by atoms with Crippen molar-refractivity contribution in [2.24, 2.45) is 0 Å². The number of aromatic nitrogens is 12. The highest BCUT2D eigenvalue weighted by atomic mass is 32.2. The molecular weight excluding hydrogens is 675 g/mol. The van der Waals surface area contributed by atoms with Gasteiger partial charge < -0.3 is 4.74 Å². The molecule has 8 aromatic rings. The van der Waals surface area contributed by atoms with Crippen LogP contribution >= 0.6 is 11.8 Å². The van der Waals surface area contributed by atoms with Gasteiger partial charge in [0.2, 0.25) is 11.6 Å². The lowest BCUT2D eigenvalue weighted by atomic mass is 10.2. The molecule has 0 spiro atoms. The Morgan fingerprint density at radius 2 is 1.22 bits per heavy atom. The van der Waals surface area contributed by atoms with Crippen LogP contribution in [-0.2, 0) is 6.61 Å². The fraction of sp³-hybridized carbons (Fsp3) is 0.0286. The molecule has 6 aromatic heterocycles. The van der Waals surface area contributed by atoms with E-state index in [0.717, 1.165) is 9.79 Å². The zero-order valence-electron chi connectivity index (χ0n) is 26.3. The van der Waals surface area contributed by atoms with Gasteiger partial charge in [-0.2, -0.15) is 0 Å². The number of ether oxygens (including phenoxy) is 1. The molecule has 0 aliphatic heterocycles. The van der Waals surface area contributed by atoms with E-state index in [2.05, 4.69) is 50.8 Å². The number of pyridine rings is 4. The fourth-order valence-corrected chi connectivity index (χ4v) is 5.42. The third-order valence-corrected chi connectivity index (χ3v) is 7.73. The van der Waals surface area contributed by atoms with Gasteiger partial charge in [-0.3, -0.25) is 19.9 Å². The normalized spacial score (nSPS) is 10.7. The van der Waals surface area contributed by atoms with Gasteiger partial charge in [-0.25, -0.2) is 8.78 Å². The van der Waals surface area contributed by atoms with E-state index in [4.69, 9.17) is 4.74 Å². The summed E-state index contributed by atoms with van der Waals surface area (Å²) in [6.45, 7) is 0.193. The summed E-state index contributed by atoms with van der Waals surface area (Å²) >= 11 is 1.41. The minimum Gasteiger partial charge on any atom is -0.487 e. The minimum absolute atomic E-state index is 0.193. The first-order valence-electron chi connectivity index (χ1n) is 15.2. The Labute approximate surface area is 293 Å². The largest absolute Gasteiger partial charge is 0.487 e. The van der Waals surface area contributed by atoms with E-state index in [0.29, 0.717) is 45.7 Å². The van der Waals surface area contributed by atoms with E-state index in [1.54, 1.807) is 79.6 Å². The third kappa shape index (κ3) is 8.62. The van der Waals surface area contributed by atoms with Crippen LogP contribution in [0.4, 0.5) is 8.78 Å². The molecule has 0 unspecified atom stereocenters. The number of rotatable bonds is 9. The van der Waals surface area contributed by atoms with E-state index in [1.165, 1.54) is 45.6 Å². The van der Waals surface area contributed by atoms with Gasteiger partial charge in [0, 0.05) is 52.9 Å². The summed E-state index contributed by atoms with van der Waals surface area (Å²) < 4.78 is 33.6. The smallest absolute Gasteiger partial charge is 0.223 e.